The Balaban J connectivity index is 1.76. The molecule has 0 bridgehead atoms. The Morgan fingerprint density at radius 3 is 2.67 bits per heavy atom. The summed E-state index contributed by atoms with van der Waals surface area (Å²) >= 11 is 0. The standard InChI is InChI=1S/C15H23N5O/c1-11-14(12(2)21-17-11)8-20-7-13(6-16-20)19-9-15(3,4)18(5)10-19/h6-7H,8-10H2,1-5H3. The summed E-state index contributed by atoms with van der Waals surface area (Å²) in [6, 6.07) is 0. The molecule has 3 rings (SSSR count). The number of rotatable bonds is 3. The largest absolute Gasteiger partial charge is 0.361 e. The van der Waals surface area contributed by atoms with E-state index in [1.807, 2.05) is 24.7 Å². The second-order valence-electron chi connectivity index (χ2n) is 6.55. The van der Waals surface area contributed by atoms with Crippen LogP contribution in [0.25, 0.3) is 0 Å². The van der Waals surface area contributed by atoms with Crippen molar-refractivity contribution in [1.82, 2.24) is 19.8 Å². The van der Waals surface area contributed by atoms with E-state index in [1.165, 1.54) is 5.69 Å². The summed E-state index contributed by atoms with van der Waals surface area (Å²) in [6.07, 6.45) is 4.04. The number of nitrogens with zero attached hydrogens (tertiary/aromatic N) is 5. The van der Waals surface area contributed by atoms with Crippen LogP contribution in [-0.4, -0.2) is 45.6 Å². The lowest BCUT2D eigenvalue weighted by atomic mass is 10.1. The van der Waals surface area contributed by atoms with Gasteiger partial charge in [0, 0.05) is 23.8 Å². The predicted molar refractivity (Wildman–Crippen MR) is 81.4 cm³/mol. The molecule has 1 fully saturated rings. The molecule has 1 aliphatic rings. The summed E-state index contributed by atoms with van der Waals surface area (Å²) in [7, 11) is 2.16. The lowest BCUT2D eigenvalue weighted by Gasteiger charge is -2.24. The Hall–Kier alpha value is -1.82. The maximum Gasteiger partial charge on any atom is 0.138 e. The SMILES string of the molecule is Cc1noc(C)c1Cn1cc(N2CN(C)C(C)(C)C2)cn1. The average molecular weight is 289 g/mol. The molecule has 1 aliphatic heterocycles. The first-order valence-corrected chi connectivity index (χ1v) is 7.27. The van der Waals surface area contributed by atoms with E-state index in [0.29, 0.717) is 6.54 Å². The minimum Gasteiger partial charge on any atom is -0.361 e. The monoisotopic (exact) mass is 289 g/mol. The van der Waals surface area contributed by atoms with Crippen molar-refractivity contribution in [1.29, 1.82) is 0 Å². The Kier molecular flexibility index (Phi) is 3.28. The summed E-state index contributed by atoms with van der Waals surface area (Å²) < 4.78 is 7.16. The highest BCUT2D eigenvalue weighted by molar-refractivity contribution is 5.44. The number of anilines is 1. The van der Waals surface area contributed by atoms with Gasteiger partial charge in [0.1, 0.15) is 5.76 Å². The van der Waals surface area contributed by atoms with Crippen LogP contribution >= 0.6 is 0 Å². The van der Waals surface area contributed by atoms with Crippen LogP contribution in [0, 0.1) is 13.8 Å². The summed E-state index contributed by atoms with van der Waals surface area (Å²) in [6.45, 7) is 11.1. The second-order valence-corrected chi connectivity index (χ2v) is 6.55. The molecule has 0 amide bonds. The lowest BCUT2D eigenvalue weighted by Crippen LogP contribution is -2.36. The molecule has 0 unspecified atom stereocenters. The average Bonchev–Trinajstić information content (AvgIpc) is 3.06. The first-order valence-electron chi connectivity index (χ1n) is 7.27. The summed E-state index contributed by atoms with van der Waals surface area (Å²) in [5.41, 5.74) is 3.42. The zero-order valence-electron chi connectivity index (χ0n) is 13.4. The van der Waals surface area contributed by atoms with Crippen LogP contribution in [0.3, 0.4) is 0 Å². The molecule has 0 atom stereocenters. The molecule has 2 aromatic rings. The molecular formula is C15H23N5O. The quantitative estimate of drug-likeness (QED) is 0.865. The number of hydrogen-bond acceptors (Lipinski definition) is 5. The van der Waals surface area contributed by atoms with E-state index in [9.17, 15) is 0 Å². The van der Waals surface area contributed by atoms with Crippen molar-refractivity contribution in [3.05, 3.63) is 29.4 Å². The summed E-state index contributed by atoms with van der Waals surface area (Å²) in [5, 5.41) is 8.47. The normalized spacial score (nSPS) is 18.6. The van der Waals surface area contributed by atoms with Crippen molar-refractivity contribution in [2.24, 2.45) is 0 Å². The van der Waals surface area contributed by atoms with Gasteiger partial charge in [0.05, 0.1) is 30.8 Å². The minimum absolute atomic E-state index is 0.198. The van der Waals surface area contributed by atoms with Crippen LogP contribution < -0.4 is 4.90 Å². The van der Waals surface area contributed by atoms with E-state index in [4.69, 9.17) is 4.52 Å². The van der Waals surface area contributed by atoms with E-state index >= 15 is 0 Å². The topological polar surface area (TPSA) is 50.3 Å². The highest BCUT2D eigenvalue weighted by atomic mass is 16.5. The van der Waals surface area contributed by atoms with Crippen molar-refractivity contribution in [3.8, 4) is 0 Å². The first kappa shape index (κ1) is 14.1. The maximum absolute atomic E-state index is 5.21. The molecule has 1 saturated heterocycles. The lowest BCUT2D eigenvalue weighted by molar-refractivity contribution is 0.229. The van der Waals surface area contributed by atoms with E-state index in [2.05, 4.69) is 47.1 Å². The van der Waals surface area contributed by atoms with Gasteiger partial charge in [-0.05, 0) is 34.7 Å². The molecular weight excluding hydrogens is 266 g/mol. The summed E-state index contributed by atoms with van der Waals surface area (Å²) in [4.78, 5) is 4.72. The van der Waals surface area contributed by atoms with Crippen molar-refractivity contribution in [2.75, 3.05) is 25.2 Å². The second kappa shape index (κ2) is 4.87. The van der Waals surface area contributed by atoms with Gasteiger partial charge < -0.3 is 9.42 Å². The zero-order chi connectivity index (χ0) is 15.2. The number of aryl methyl sites for hydroxylation is 2. The Labute approximate surface area is 125 Å². The molecule has 6 nitrogen and oxygen atoms in total. The molecule has 0 spiro atoms. The fourth-order valence-electron chi connectivity index (χ4n) is 2.75. The van der Waals surface area contributed by atoms with Gasteiger partial charge in [0.2, 0.25) is 0 Å². The third-order valence-corrected chi connectivity index (χ3v) is 4.48. The maximum atomic E-state index is 5.21. The Bertz CT molecular complexity index is 623. The summed E-state index contributed by atoms with van der Waals surface area (Å²) in [5.74, 6) is 0.867. The third kappa shape index (κ3) is 2.55. The highest BCUT2D eigenvalue weighted by Crippen LogP contribution is 2.27. The van der Waals surface area contributed by atoms with Crippen LogP contribution in [0.15, 0.2) is 16.9 Å². The van der Waals surface area contributed by atoms with Crippen molar-refractivity contribution < 1.29 is 4.52 Å². The molecule has 2 aromatic heterocycles. The van der Waals surface area contributed by atoms with Gasteiger partial charge in [-0.2, -0.15) is 5.10 Å². The molecule has 0 aliphatic carbocycles. The van der Waals surface area contributed by atoms with Gasteiger partial charge in [0.25, 0.3) is 0 Å². The van der Waals surface area contributed by atoms with Crippen LogP contribution in [-0.2, 0) is 6.54 Å². The fraction of sp³-hybridized carbons (Fsp3) is 0.600. The highest BCUT2D eigenvalue weighted by Gasteiger charge is 2.34. The molecule has 114 valence electrons. The predicted octanol–water partition coefficient (Wildman–Crippen LogP) is 2.02. The fourth-order valence-corrected chi connectivity index (χ4v) is 2.75. The van der Waals surface area contributed by atoms with E-state index in [1.54, 1.807) is 0 Å². The minimum atomic E-state index is 0.198. The van der Waals surface area contributed by atoms with Crippen molar-refractivity contribution in [3.63, 3.8) is 0 Å². The number of aromatic nitrogens is 3. The molecule has 0 N–H and O–H groups in total. The van der Waals surface area contributed by atoms with Gasteiger partial charge in [-0.3, -0.25) is 9.58 Å². The van der Waals surface area contributed by atoms with Crippen LogP contribution in [0.4, 0.5) is 5.69 Å². The third-order valence-electron chi connectivity index (χ3n) is 4.48. The molecule has 6 heteroatoms. The molecule has 0 saturated carbocycles. The number of likely N-dealkylation sites (N-methyl/N-ethyl adjacent to an activating group) is 1. The molecule has 0 aromatic carbocycles. The molecule has 21 heavy (non-hydrogen) atoms. The van der Waals surface area contributed by atoms with Crippen LogP contribution in [0.2, 0.25) is 0 Å². The first-order chi connectivity index (χ1) is 9.87. The van der Waals surface area contributed by atoms with E-state index in [-0.39, 0.29) is 5.54 Å². The van der Waals surface area contributed by atoms with Crippen LogP contribution in [0.1, 0.15) is 30.9 Å². The smallest absolute Gasteiger partial charge is 0.138 e. The van der Waals surface area contributed by atoms with Gasteiger partial charge >= 0.3 is 0 Å². The van der Waals surface area contributed by atoms with Gasteiger partial charge in [-0.1, -0.05) is 5.16 Å². The number of hydrogen-bond donors (Lipinski definition) is 0. The van der Waals surface area contributed by atoms with Crippen LogP contribution in [0.5, 0.6) is 0 Å². The Morgan fingerprint density at radius 2 is 2.10 bits per heavy atom. The van der Waals surface area contributed by atoms with Gasteiger partial charge in [-0.15, -0.1) is 0 Å². The Morgan fingerprint density at radius 1 is 1.33 bits per heavy atom. The van der Waals surface area contributed by atoms with Crippen molar-refractivity contribution >= 4 is 5.69 Å². The van der Waals surface area contributed by atoms with E-state index < -0.39 is 0 Å². The van der Waals surface area contributed by atoms with Gasteiger partial charge in [0.15, 0.2) is 0 Å². The van der Waals surface area contributed by atoms with Gasteiger partial charge in [-0.25, -0.2) is 0 Å². The van der Waals surface area contributed by atoms with E-state index in [0.717, 1.165) is 30.2 Å². The zero-order valence-corrected chi connectivity index (χ0v) is 13.4. The van der Waals surface area contributed by atoms with Crippen molar-refractivity contribution in [2.45, 2.75) is 39.8 Å². The molecule has 0 radical (unpaired) electrons. The molecule has 3 heterocycles.